The standard InChI is InChI=1S/C18H16N4O3/c1-25-14-4-2-12(3-5-14)17(13-6-8-19-9-7-13)22-18(24)15-10-21-16(23)11-20-15/h2-11,17H,1H3,(H,21,23)(H,22,24)/t17-/m0/s1. The molecule has 7 heteroatoms. The summed E-state index contributed by atoms with van der Waals surface area (Å²) in [6, 6.07) is 10.7. The number of pyridine rings is 1. The largest absolute Gasteiger partial charge is 0.497 e. The predicted molar refractivity (Wildman–Crippen MR) is 91.4 cm³/mol. The number of benzene rings is 1. The summed E-state index contributed by atoms with van der Waals surface area (Å²) < 4.78 is 5.18. The zero-order chi connectivity index (χ0) is 17.6. The number of carbonyl (C=O) groups excluding carboxylic acids is 1. The summed E-state index contributed by atoms with van der Waals surface area (Å²) >= 11 is 0. The minimum atomic E-state index is -0.395. The summed E-state index contributed by atoms with van der Waals surface area (Å²) in [6.45, 7) is 0. The predicted octanol–water partition coefficient (Wildman–Crippen LogP) is 1.69. The summed E-state index contributed by atoms with van der Waals surface area (Å²) in [7, 11) is 1.60. The van der Waals surface area contributed by atoms with Crippen molar-refractivity contribution in [3.05, 3.63) is 88.4 Å². The number of hydrogen-bond acceptors (Lipinski definition) is 5. The van der Waals surface area contributed by atoms with E-state index in [1.165, 1.54) is 6.20 Å². The van der Waals surface area contributed by atoms with Crippen molar-refractivity contribution in [2.45, 2.75) is 6.04 Å². The van der Waals surface area contributed by atoms with Crippen molar-refractivity contribution in [3.63, 3.8) is 0 Å². The quantitative estimate of drug-likeness (QED) is 0.739. The number of carbonyl (C=O) groups is 1. The maximum Gasteiger partial charge on any atom is 0.272 e. The van der Waals surface area contributed by atoms with Crippen LogP contribution in [-0.2, 0) is 0 Å². The smallest absolute Gasteiger partial charge is 0.272 e. The Labute approximate surface area is 143 Å². The molecule has 0 fully saturated rings. The van der Waals surface area contributed by atoms with Gasteiger partial charge < -0.3 is 15.0 Å². The van der Waals surface area contributed by atoms with E-state index < -0.39 is 11.9 Å². The lowest BCUT2D eigenvalue weighted by Gasteiger charge is -2.19. The molecule has 0 saturated heterocycles. The fraction of sp³-hybridized carbons (Fsp3) is 0.111. The van der Waals surface area contributed by atoms with Crippen molar-refractivity contribution < 1.29 is 9.53 Å². The molecule has 0 radical (unpaired) electrons. The molecule has 0 bridgehead atoms. The summed E-state index contributed by atoms with van der Waals surface area (Å²) in [5.74, 6) is 0.333. The third-order valence-corrected chi connectivity index (χ3v) is 3.67. The van der Waals surface area contributed by atoms with Gasteiger partial charge in [0.25, 0.3) is 11.5 Å². The Morgan fingerprint density at radius 2 is 1.80 bits per heavy atom. The molecule has 7 nitrogen and oxygen atoms in total. The van der Waals surface area contributed by atoms with Gasteiger partial charge in [-0.3, -0.25) is 14.6 Å². The number of H-pyrrole nitrogens is 1. The van der Waals surface area contributed by atoms with Crippen molar-refractivity contribution in [2.75, 3.05) is 7.11 Å². The van der Waals surface area contributed by atoms with E-state index in [9.17, 15) is 9.59 Å². The average molecular weight is 336 g/mol. The molecule has 2 aromatic heterocycles. The lowest BCUT2D eigenvalue weighted by molar-refractivity contribution is 0.0937. The van der Waals surface area contributed by atoms with Gasteiger partial charge in [0.1, 0.15) is 11.4 Å². The van der Waals surface area contributed by atoms with Crippen molar-refractivity contribution in [3.8, 4) is 5.75 Å². The van der Waals surface area contributed by atoms with Crippen LogP contribution < -0.4 is 15.6 Å². The van der Waals surface area contributed by atoms with Crippen LogP contribution in [-0.4, -0.2) is 28.0 Å². The van der Waals surface area contributed by atoms with Crippen molar-refractivity contribution >= 4 is 5.91 Å². The molecule has 0 aliphatic heterocycles. The van der Waals surface area contributed by atoms with Gasteiger partial charge in [-0.1, -0.05) is 12.1 Å². The second kappa shape index (κ2) is 7.39. The summed E-state index contributed by atoms with van der Waals surface area (Å²) in [5, 5.41) is 2.93. The van der Waals surface area contributed by atoms with E-state index in [0.29, 0.717) is 0 Å². The number of rotatable bonds is 5. The van der Waals surface area contributed by atoms with Crippen molar-refractivity contribution in [2.24, 2.45) is 0 Å². The second-order valence-corrected chi connectivity index (χ2v) is 5.26. The first-order valence-electron chi connectivity index (χ1n) is 7.57. The molecule has 0 aliphatic rings. The first-order chi connectivity index (χ1) is 12.2. The van der Waals surface area contributed by atoms with Gasteiger partial charge in [0, 0.05) is 18.6 Å². The first kappa shape index (κ1) is 16.4. The highest BCUT2D eigenvalue weighted by atomic mass is 16.5. The highest BCUT2D eigenvalue weighted by molar-refractivity contribution is 5.92. The average Bonchev–Trinajstić information content (AvgIpc) is 2.67. The molecule has 1 amide bonds. The van der Waals surface area contributed by atoms with Gasteiger partial charge in [0.2, 0.25) is 0 Å². The Balaban J connectivity index is 1.92. The number of amides is 1. The van der Waals surface area contributed by atoms with Crippen LogP contribution in [0.2, 0.25) is 0 Å². The maximum atomic E-state index is 12.5. The molecular formula is C18H16N4O3. The fourth-order valence-electron chi connectivity index (χ4n) is 2.38. The van der Waals surface area contributed by atoms with E-state index in [1.54, 1.807) is 19.5 Å². The normalized spacial score (nSPS) is 11.6. The van der Waals surface area contributed by atoms with Crippen LogP contribution in [0, 0.1) is 0 Å². The number of aromatic amines is 1. The minimum absolute atomic E-state index is 0.132. The van der Waals surface area contributed by atoms with Crippen LogP contribution in [0.5, 0.6) is 5.75 Å². The zero-order valence-electron chi connectivity index (χ0n) is 13.5. The van der Waals surface area contributed by atoms with Gasteiger partial charge >= 0.3 is 0 Å². The molecular weight excluding hydrogens is 320 g/mol. The number of aromatic nitrogens is 3. The third-order valence-electron chi connectivity index (χ3n) is 3.67. The maximum absolute atomic E-state index is 12.5. The van der Waals surface area contributed by atoms with Crippen LogP contribution in [0.1, 0.15) is 27.7 Å². The minimum Gasteiger partial charge on any atom is -0.497 e. The summed E-state index contributed by atoms with van der Waals surface area (Å²) in [5.41, 5.74) is 1.52. The third kappa shape index (κ3) is 3.89. The fourth-order valence-corrected chi connectivity index (χ4v) is 2.38. The highest BCUT2D eigenvalue weighted by Gasteiger charge is 2.18. The highest BCUT2D eigenvalue weighted by Crippen LogP contribution is 2.24. The molecule has 2 heterocycles. The first-order valence-corrected chi connectivity index (χ1v) is 7.57. The van der Waals surface area contributed by atoms with Crippen LogP contribution in [0.25, 0.3) is 0 Å². The summed E-state index contributed by atoms with van der Waals surface area (Å²) in [6.07, 6.45) is 5.69. The van der Waals surface area contributed by atoms with E-state index in [4.69, 9.17) is 4.74 Å². The molecule has 0 saturated carbocycles. The Kier molecular flexibility index (Phi) is 4.84. The van der Waals surface area contributed by atoms with Gasteiger partial charge in [0.15, 0.2) is 0 Å². The van der Waals surface area contributed by atoms with E-state index in [-0.39, 0.29) is 11.3 Å². The second-order valence-electron chi connectivity index (χ2n) is 5.26. The van der Waals surface area contributed by atoms with Gasteiger partial charge in [-0.15, -0.1) is 0 Å². The SMILES string of the molecule is COc1ccc([C@H](NC(=O)c2c[nH]c(=O)cn2)c2ccncc2)cc1. The topological polar surface area (TPSA) is 97.0 Å². The molecule has 0 aliphatic carbocycles. The molecule has 3 rings (SSSR count). The van der Waals surface area contributed by atoms with Gasteiger partial charge in [-0.05, 0) is 35.4 Å². The monoisotopic (exact) mass is 336 g/mol. The van der Waals surface area contributed by atoms with E-state index in [1.807, 2.05) is 36.4 Å². The van der Waals surface area contributed by atoms with Crippen LogP contribution in [0.3, 0.4) is 0 Å². The Morgan fingerprint density at radius 1 is 1.12 bits per heavy atom. The molecule has 126 valence electrons. The van der Waals surface area contributed by atoms with Gasteiger partial charge in [-0.2, -0.15) is 0 Å². The van der Waals surface area contributed by atoms with Crippen LogP contribution in [0.4, 0.5) is 0 Å². The van der Waals surface area contributed by atoms with Crippen LogP contribution in [0.15, 0.2) is 66.0 Å². The molecule has 2 N–H and O–H groups in total. The molecule has 25 heavy (non-hydrogen) atoms. The number of hydrogen-bond donors (Lipinski definition) is 2. The van der Waals surface area contributed by atoms with Crippen molar-refractivity contribution in [1.82, 2.24) is 20.3 Å². The number of nitrogens with zero attached hydrogens (tertiary/aromatic N) is 2. The Bertz CT molecular complexity index is 887. The molecule has 0 unspecified atom stereocenters. The van der Waals surface area contributed by atoms with E-state index in [0.717, 1.165) is 23.1 Å². The lowest BCUT2D eigenvalue weighted by atomic mass is 9.99. The molecule has 1 atom stereocenters. The van der Waals surface area contributed by atoms with E-state index >= 15 is 0 Å². The van der Waals surface area contributed by atoms with Gasteiger partial charge in [0.05, 0.1) is 19.3 Å². The van der Waals surface area contributed by atoms with Gasteiger partial charge in [-0.25, -0.2) is 4.98 Å². The number of nitrogens with one attached hydrogen (secondary N) is 2. The number of ether oxygens (including phenoxy) is 1. The van der Waals surface area contributed by atoms with Crippen molar-refractivity contribution in [1.29, 1.82) is 0 Å². The van der Waals surface area contributed by atoms with E-state index in [2.05, 4.69) is 20.3 Å². The molecule has 3 aromatic rings. The zero-order valence-corrected chi connectivity index (χ0v) is 13.5. The Hall–Kier alpha value is -3.48. The van der Waals surface area contributed by atoms with Crippen LogP contribution >= 0.6 is 0 Å². The Morgan fingerprint density at radius 3 is 2.40 bits per heavy atom. The summed E-state index contributed by atoms with van der Waals surface area (Å²) in [4.78, 5) is 33.9. The molecule has 1 aromatic carbocycles. The lowest BCUT2D eigenvalue weighted by Crippen LogP contribution is -2.30. The number of methoxy groups -OCH3 is 1. The molecule has 0 spiro atoms.